The van der Waals surface area contributed by atoms with Crippen LogP contribution in [0.2, 0.25) is 0 Å². The molecule has 0 aliphatic heterocycles. The Morgan fingerprint density at radius 3 is 2.86 bits per heavy atom. The Labute approximate surface area is 174 Å². The van der Waals surface area contributed by atoms with E-state index in [1.165, 1.54) is 55.3 Å². The van der Waals surface area contributed by atoms with E-state index in [0.29, 0.717) is 5.92 Å². The normalized spacial score (nSPS) is 35.6. The minimum atomic E-state index is -0.147. The maximum atomic E-state index is 10.3. The standard InChI is InChI=1S/C26H34N2O/c1-18-10-11-21-19(6-5-7-20(29)16-18)14-15-26(2)22(21)12-13-25(26)28-17-27-23-8-3-4-9-24(23)28/h3-4,8-10,13,17,19-22,29H,5-7,11-12,14-16H2,1-2H3. The summed E-state index contributed by atoms with van der Waals surface area (Å²) in [5, 5.41) is 10.3. The van der Waals surface area contributed by atoms with E-state index in [1.807, 2.05) is 6.33 Å². The van der Waals surface area contributed by atoms with E-state index in [9.17, 15) is 5.11 Å². The fourth-order valence-corrected chi connectivity index (χ4v) is 6.66. The summed E-state index contributed by atoms with van der Waals surface area (Å²) in [5.41, 5.74) is 5.40. The van der Waals surface area contributed by atoms with E-state index in [4.69, 9.17) is 0 Å². The number of nitrogens with zero attached hydrogens (tertiary/aromatic N) is 2. The molecule has 0 radical (unpaired) electrons. The average molecular weight is 391 g/mol. The van der Waals surface area contributed by atoms with Crippen LogP contribution in [-0.2, 0) is 0 Å². The zero-order valence-corrected chi connectivity index (χ0v) is 17.8. The SMILES string of the molecule is CC1=CCC2C(CCCC(O)C1)CCC1(C)C(n3cnc4ccccc43)=CCC21. The average Bonchev–Trinajstić information content (AvgIpc) is 3.27. The molecule has 1 heterocycles. The van der Waals surface area contributed by atoms with Crippen molar-refractivity contribution in [2.45, 2.75) is 71.3 Å². The molecule has 1 fully saturated rings. The third-order valence-electron chi connectivity index (χ3n) is 8.25. The van der Waals surface area contributed by atoms with E-state index < -0.39 is 0 Å². The van der Waals surface area contributed by atoms with Gasteiger partial charge in [0.15, 0.2) is 0 Å². The highest BCUT2D eigenvalue weighted by Gasteiger charge is 2.50. The van der Waals surface area contributed by atoms with Gasteiger partial charge in [-0.15, -0.1) is 0 Å². The topological polar surface area (TPSA) is 38.0 Å². The Morgan fingerprint density at radius 1 is 1.10 bits per heavy atom. The molecule has 2 aromatic rings. The van der Waals surface area contributed by atoms with Gasteiger partial charge in [-0.3, -0.25) is 0 Å². The van der Waals surface area contributed by atoms with Gasteiger partial charge in [0.25, 0.3) is 0 Å². The minimum Gasteiger partial charge on any atom is -0.393 e. The predicted octanol–water partition coefficient (Wildman–Crippen LogP) is 6.20. The number of para-hydroxylation sites is 2. The molecule has 0 spiro atoms. The van der Waals surface area contributed by atoms with Crippen LogP contribution in [0.5, 0.6) is 0 Å². The number of fused-ring (bicyclic) bond motifs is 4. The van der Waals surface area contributed by atoms with E-state index >= 15 is 0 Å². The fraction of sp³-hybridized carbons (Fsp3) is 0.577. The number of imidazole rings is 1. The summed E-state index contributed by atoms with van der Waals surface area (Å²) in [4.78, 5) is 4.67. The lowest BCUT2D eigenvalue weighted by Crippen LogP contribution is -2.40. The monoisotopic (exact) mass is 390 g/mol. The quantitative estimate of drug-likeness (QED) is 0.589. The second-order valence-electron chi connectivity index (χ2n) is 9.99. The van der Waals surface area contributed by atoms with Crippen molar-refractivity contribution in [3.05, 3.63) is 48.3 Å². The van der Waals surface area contributed by atoms with Crippen LogP contribution in [0.15, 0.2) is 48.3 Å². The molecule has 1 aromatic heterocycles. The van der Waals surface area contributed by atoms with Crippen LogP contribution in [0.3, 0.4) is 0 Å². The van der Waals surface area contributed by atoms with Gasteiger partial charge in [-0.1, -0.05) is 49.6 Å². The molecule has 3 aliphatic rings. The van der Waals surface area contributed by atoms with Crippen LogP contribution in [0.1, 0.15) is 65.2 Å². The van der Waals surface area contributed by atoms with Gasteiger partial charge in [0.2, 0.25) is 0 Å². The maximum absolute atomic E-state index is 10.3. The Hall–Kier alpha value is -1.87. The summed E-state index contributed by atoms with van der Waals surface area (Å²) in [6, 6.07) is 8.51. The van der Waals surface area contributed by atoms with Gasteiger partial charge in [0, 0.05) is 11.1 Å². The lowest BCUT2D eigenvalue weighted by Gasteiger charge is -2.48. The zero-order valence-electron chi connectivity index (χ0n) is 17.8. The summed E-state index contributed by atoms with van der Waals surface area (Å²) in [6.45, 7) is 4.72. The van der Waals surface area contributed by atoms with Crippen molar-refractivity contribution < 1.29 is 5.11 Å². The molecule has 3 heteroatoms. The number of allylic oxidation sites excluding steroid dienone is 3. The van der Waals surface area contributed by atoms with Crippen molar-refractivity contribution in [2.24, 2.45) is 23.2 Å². The number of benzene rings is 1. The lowest BCUT2D eigenvalue weighted by molar-refractivity contribution is 0.0555. The van der Waals surface area contributed by atoms with Crippen molar-refractivity contribution in [2.75, 3.05) is 0 Å². The molecular weight excluding hydrogens is 356 g/mol. The molecule has 5 rings (SSSR count). The first-order valence-electron chi connectivity index (χ1n) is 11.5. The van der Waals surface area contributed by atoms with E-state index in [0.717, 1.165) is 30.2 Å². The Kier molecular flexibility index (Phi) is 4.90. The van der Waals surface area contributed by atoms with E-state index in [1.54, 1.807) is 0 Å². The maximum Gasteiger partial charge on any atom is 0.100 e. The molecule has 154 valence electrons. The number of hydrogen-bond acceptors (Lipinski definition) is 2. The lowest BCUT2D eigenvalue weighted by atomic mass is 9.57. The molecule has 3 nitrogen and oxygen atoms in total. The van der Waals surface area contributed by atoms with Crippen molar-refractivity contribution in [1.82, 2.24) is 9.55 Å². The third kappa shape index (κ3) is 3.28. The summed E-state index contributed by atoms with van der Waals surface area (Å²) >= 11 is 0. The number of aliphatic hydroxyl groups is 1. The molecule has 1 aromatic carbocycles. The van der Waals surface area contributed by atoms with Crippen molar-refractivity contribution in [1.29, 1.82) is 0 Å². The van der Waals surface area contributed by atoms with Gasteiger partial charge in [-0.25, -0.2) is 4.98 Å². The molecule has 1 saturated carbocycles. The number of aliphatic hydroxyl groups excluding tert-OH is 1. The Morgan fingerprint density at radius 2 is 1.97 bits per heavy atom. The molecular formula is C26H34N2O. The molecule has 5 atom stereocenters. The first kappa shape index (κ1) is 19.1. The van der Waals surface area contributed by atoms with Crippen LogP contribution >= 0.6 is 0 Å². The van der Waals surface area contributed by atoms with Gasteiger partial charge < -0.3 is 9.67 Å². The minimum absolute atomic E-state index is 0.147. The second-order valence-corrected chi connectivity index (χ2v) is 9.99. The van der Waals surface area contributed by atoms with E-state index in [-0.39, 0.29) is 11.5 Å². The third-order valence-corrected chi connectivity index (χ3v) is 8.25. The first-order valence-corrected chi connectivity index (χ1v) is 11.5. The van der Waals surface area contributed by atoms with Gasteiger partial charge in [0.05, 0.1) is 17.1 Å². The van der Waals surface area contributed by atoms with Crippen LogP contribution in [0.25, 0.3) is 16.7 Å². The van der Waals surface area contributed by atoms with Gasteiger partial charge in [0.1, 0.15) is 6.33 Å². The second kappa shape index (κ2) is 7.43. The molecule has 5 unspecified atom stereocenters. The molecule has 1 N–H and O–H groups in total. The van der Waals surface area contributed by atoms with Crippen LogP contribution in [0.4, 0.5) is 0 Å². The van der Waals surface area contributed by atoms with Crippen LogP contribution in [-0.4, -0.2) is 20.8 Å². The fourth-order valence-electron chi connectivity index (χ4n) is 6.66. The van der Waals surface area contributed by atoms with Crippen molar-refractivity contribution in [3.63, 3.8) is 0 Å². The molecule has 3 aliphatic carbocycles. The number of hydrogen-bond donors (Lipinski definition) is 1. The highest BCUT2D eigenvalue weighted by atomic mass is 16.3. The summed E-state index contributed by atoms with van der Waals surface area (Å²) < 4.78 is 2.37. The van der Waals surface area contributed by atoms with Gasteiger partial charge in [-0.2, -0.15) is 0 Å². The van der Waals surface area contributed by atoms with Crippen LogP contribution in [0, 0.1) is 23.2 Å². The highest BCUT2D eigenvalue weighted by molar-refractivity contribution is 5.80. The Balaban J connectivity index is 1.47. The zero-order chi connectivity index (χ0) is 20.0. The summed E-state index contributed by atoms with van der Waals surface area (Å²) in [6.07, 6.45) is 16.1. The molecule has 0 amide bonds. The largest absolute Gasteiger partial charge is 0.393 e. The van der Waals surface area contributed by atoms with Crippen LogP contribution < -0.4 is 0 Å². The highest BCUT2D eigenvalue weighted by Crippen LogP contribution is 2.59. The molecule has 0 saturated heterocycles. The Bertz CT molecular complexity index is 955. The summed E-state index contributed by atoms with van der Waals surface area (Å²) in [7, 11) is 0. The van der Waals surface area contributed by atoms with Crippen molar-refractivity contribution >= 4 is 16.7 Å². The van der Waals surface area contributed by atoms with Gasteiger partial charge >= 0.3 is 0 Å². The predicted molar refractivity (Wildman–Crippen MR) is 119 cm³/mol. The van der Waals surface area contributed by atoms with Crippen molar-refractivity contribution in [3.8, 4) is 0 Å². The molecule has 29 heavy (non-hydrogen) atoms. The molecule has 0 bridgehead atoms. The van der Waals surface area contributed by atoms with Gasteiger partial charge in [-0.05, 0) is 75.3 Å². The smallest absolute Gasteiger partial charge is 0.100 e. The number of rotatable bonds is 1. The first-order chi connectivity index (χ1) is 14.1. The number of aromatic nitrogens is 2. The summed E-state index contributed by atoms with van der Waals surface area (Å²) in [5.74, 6) is 2.27. The van der Waals surface area contributed by atoms with E-state index in [2.05, 4.69) is 59.8 Å².